The number of aromatic amines is 1. The smallest absolute Gasteiger partial charge is 0.268 e. The number of H-pyrrole nitrogens is 1. The number of fused-ring (bicyclic) bond motifs is 1. The molecule has 194 valence electrons. The van der Waals surface area contributed by atoms with Crippen molar-refractivity contribution in [1.29, 1.82) is 0 Å². The average Bonchev–Trinajstić information content (AvgIpc) is 3.54. The molecular weight excluding hydrogens is 489 g/mol. The van der Waals surface area contributed by atoms with Gasteiger partial charge in [-0.2, -0.15) is 0 Å². The minimum absolute atomic E-state index is 0.0694. The molecule has 2 heterocycles. The molecule has 1 aromatic heterocycles. The molecule has 4 N–H and O–H groups in total. The molecule has 0 unspecified atom stereocenters. The molecule has 3 aromatic rings. The van der Waals surface area contributed by atoms with Crippen LogP contribution in [-0.4, -0.2) is 54.5 Å². The Morgan fingerprint density at radius 1 is 1.05 bits per heavy atom. The van der Waals surface area contributed by atoms with E-state index in [-0.39, 0.29) is 29.4 Å². The van der Waals surface area contributed by atoms with Gasteiger partial charge >= 0.3 is 0 Å². The van der Waals surface area contributed by atoms with Gasteiger partial charge in [0.1, 0.15) is 41.8 Å². The number of hydrogen-bond donors (Lipinski definition) is 4. The second-order valence-corrected chi connectivity index (χ2v) is 9.22. The van der Waals surface area contributed by atoms with Crippen LogP contribution in [0.25, 0.3) is 10.9 Å². The first-order chi connectivity index (χ1) is 17.7. The minimum Gasteiger partial charge on any atom is -0.348 e. The van der Waals surface area contributed by atoms with Gasteiger partial charge in [-0.05, 0) is 55.3 Å². The zero-order valence-corrected chi connectivity index (χ0v) is 19.7. The van der Waals surface area contributed by atoms with Gasteiger partial charge in [-0.1, -0.05) is 12.1 Å². The van der Waals surface area contributed by atoms with E-state index in [1.165, 1.54) is 18.2 Å². The molecule has 11 heteroatoms. The van der Waals surface area contributed by atoms with E-state index < -0.39 is 46.8 Å². The fourth-order valence-corrected chi connectivity index (χ4v) is 4.56. The van der Waals surface area contributed by atoms with E-state index in [0.717, 1.165) is 24.5 Å². The van der Waals surface area contributed by atoms with Gasteiger partial charge in [0.25, 0.3) is 5.91 Å². The van der Waals surface area contributed by atoms with E-state index in [4.69, 9.17) is 0 Å². The van der Waals surface area contributed by atoms with E-state index in [0.29, 0.717) is 31.4 Å². The van der Waals surface area contributed by atoms with Gasteiger partial charge < -0.3 is 30.5 Å². The van der Waals surface area contributed by atoms with Crippen LogP contribution in [-0.2, 0) is 20.8 Å². The van der Waals surface area contributed by atoms with Crippen LogP contribution >= 0.6 is 0 Å². The molecule has 4 rings (SSSR count). The van der Waals surface area contributed by atoms with Gasteiger partial charge in [-0.25, -0.2) is 13.2 Å². The number of hydrogen-bond acceptors (Lipinski definition) is 5. The van der Waals surface area contributed by atoms with Crippen LogP contribution in [0.15, 0.2) is 42.5 Å². The summed E-state index contributed by atoms with van der Waals surface area (Å²) in [5.74, 6) is -3.62. The van der Waals surface area contributed by atoms with Crippen molar-refractivity contribution in [1.82, 2.24) is 20.9 Å². The first-order valence-corrected chi connectivity index (χ1v) is 11.7. The third-order valence-corrected chi connectivity index (χ3v) is 6.53. The molecule has 0 bridgehead atoms. The van der Waals surface area contributed by atoms with Gasteiger partial charge in [0, 0.05) is 23.8 Å². The molecule has 1 saturated heterocycles. The monoisotopic (exact) mass is 514 g/mol. The van der Waals surface area contributed by atoms with Crippen LogP contribution in [0.2, 0.25) is 0 Å². The van der Waals surface area contributed by atoms with Crippen LogP contribution in [0, 0.1) is 22.9 Å². The second kappa shape index (κ2) is 11.0. The molecule has 2 aromatic carbocycles. The number of rotatable bonds is 10. The highest BCUT2D eigenvalue weighted by molar-refractivity contribution is 6.00. The third kappa shape index (κ3) is 5.88. The van der Waals surface area contributed by atoms with Gasteiger partial charge in [-0.15, -0.1) is 0 Å². The maximum atomic E-state index is 14.1. The molecule has 1 fully saturated rings. The molecule has 1 aliphatic heterocycles. The molecule has 3 atom stereocenters. The molecule has 0 aliphatic carbocycles. The lowest BCUT2D eigenvalue weighted by molar-refractivity contribution is -0.127. The van der Waals surface area contributed by atoms with Crippen LogP contribution in [0.3, 0.4) is 0 Å². The fourth-order valence-electron chi connectivity index (χ4n) is 4.56. The topological polar surface area (TPSA) is 120 Å². The van der Waals surface area contributed by atoms with Crippen LogP contribution < -0.4 is 16.0 Å². The van der Waals surface area contributed by atoms with Crippen molar-refractivity contribution >= 4 is 35.3 Å². The third-order valence-electron chi connectivity index (χ3n) is 6.53. The summed E-state index contributed by atoms with van der Waals surface area (Å²) >= 11 is 0. The fraction of sp³-hybridized carbons (Fsp3) is 0.308. The van der Waals surface area contributed by atoms with E-state index in [1.807, 2.05) is 0 Å². The largest absolute Gasteiger partial charge is 0.348 e. The molecule has 0 spiro atoms. The highest BCUT2D eigenvalue weighted by Crippen LogP contribution is 2.28. The number of carbonyl (C=O) groups excluding carboxylic acids is 4. The SMILES string of the molecule is O=C[C@H](C[C@@]1(C=O)CCNC1)NC(=O)[C@H](Cc1cccc(F)c1)NC(=O)c1cc2c(F)ccc(F)c2[nH]1. The Hall–Kier alpha value is -3.99. The number of aldehydes is 2. The summed E-state index contributed by atoms with van der Waals surface area (Å²) < 4.78 is 41.9. The number of aromatic nitrogens is 1. The Kier molecular flexibility index (Phi) is 7.72. The Labute approximate surface area is 210 Å². The van der Waals surface area contributed by atoms with E-state index in [2.05, 4.69) is 20.9 Å². The standard InChI is InChI=1S/C26H25F3N4O4/c27-16-3-1-2-15(8-16)9-21(24(36)31-17(12-34)11-26(14-35)6-7-30-13-26)33-25(37)22-10-18-19(28)4-5-20(29)23(18)32-22/h1-5,8,10,12,14,17,21,30,32H,6-7,9,11,13H2,(H,31,36)(H,33,37)/t17-,21-,26-/m0/s1. The van der Waals surface area contributed by atoms with Crippen LogP contribution in [0.5, 0.6) is 0 Å². The van der Waals surface area contributed by atoms with Crippen molar-refractivity contribution in [3.05, 3.63) is 71.2 Å². The van der Waals surface area contributed by atoms with Gasteiger partial charge in [0.2, 0.25) is 5.91 Å². The maximum absolute atomic E-state index is 14.1. The highest BCUT2D eigenvalue weighted by atomic mass is 19.1. The predicted octanol–water partition coefficient (Wildman–Crippen LogP) is 2.18. The zero-order chi connectivity index (χ0) is 26.6. The maximum Gasteiger partial charge on any atom is 0.268 e. The first-order valence-electron chi connectivity index (χ1n) is 11.7. The number of amides is 2. The molecular formula is C26H25F3N4O4. The normalized spacial score (nSPS) is 18.8. The number of nitrogens with one attached hydrogen (secondary N) is 4. The molecule has 0 saturated carbocycles. The van der Waals surface area contributed by atoms with Crippen molar-refractivity contribution in [3.8, 4) is 0 Å². The van der Waals surface area contributed by atoms with Gasteiger partial charge in [-0.3, -0.25) is 9.59 Å². The average molecular weight is 515 g/mol. The summed E-state index contributed by atoms with van der Waals surface area (Å²) in [6.07, 6.45) is 1.74. The van der Waals surface area contributed by atoms with Crippen molar-refractivity contribution in [2.45, 2.75) is 31.3 Å². The Balaban J connectivity index is 1.56. The quantitative estimate of drug-likeness (QED) is 0.309. The predicted molar refractivity (Wildman–Crippen MR) is 128 cm³/mol. The summed E-state index contributed by atoms with van der Waals surface area (Å²) in [4.78, 5) is 52.1. The first kappa shape index (κ1) is 26.1. The van der Waals surface area contributed by atoms with Crippen molar-refractivity contribution in [2.24, 2.45) is 5.41 Å². The molecule has 0 radical (unpaired) electrons. The zero-order valence-electron chi connectivity index (χ0n) is 19.7. The summed E-state index contributed by atoms with van der Waals surface area (Å²) in [5, 5.41) is 7.98. The highest BCUT2D eigenvalue weighted by Gasteiger charge is 2.37. The van der Waals surface area contributed by atoms with Crippen LogP contribution in [0.4, 0.5) is 13.2 Å². The van der Waals surface area contributed by atoms with Crippen molar-refractivity contribution < 1.29 is 32.3 Å². The lowest BCUT2D eigenvalue weighted by atomic mass is 9.82. The van der Waals surface area contributed by atoms with E-state index >= 15 is 0 Å². The number of halogens is 3. The Morgan fingerprint density at radius 2 is 1.84 bits per heavy atom. The Morgan fingerprint density at radius 3 is 2.49 bits per heavy atom. The van der Waals surface area contributed by atoms with E-state index in [1.54, 1.807) is 6.07 Å². The molecule has 2 amide bonds. The summed E-state index contributed by atoms with van der Waals surface area (Å²) in [7, 11) is 0. The second-order valence-electron chi connectivity index (χ2n) is 9.22. The van der Waals surface area contributed by atoms with E-state index in [9.17, 15) is 32.3 Å². The molecule has 8 nitrogen and oxygen atoms in total. The minimum atomic E-state index is -1.27. The molecule has 1 aliphatic rings. The lowest BCUT2D eigenvalue weighted by Gasteiger charge is -2.26. The Bertz CT molecular complexity index is 1300. The number of benzene rings is 2. The lowest BCUT2D eigenvalue weighted by Crippen LogP contribution is -2.52. The van der Waals surface area contributed by atoms with Gasteiger partial charge in [0.05, 0.1) is 11.6 Å². The van der Waals surface area contributed by atoms with Crippen molar-refractivity contribution in [2.75, 3.05) is 13.1 Å². The summed E-state index contributed by atoms with van der Waals surface area (Å²) in [6.45, 7) is 0.968. The summed E-state index contributed by atoms with van der Waals surface area (Å²) in [5.41, 5.74) is -0.818. The van der Waals surface area contributed by atoms with Gasteiger partial charge in [0.15, 0.2) is 0 Å². The number of carbonyl (C=O) groups is 4. The molecule has 37 heavy (non-hydrogen) atoms. The summed E-state index contributed by atoms with van der Waals surface area (Å²) in [6, 6.07) is 6.11. The van der Waals surface area contributed by atoms with Crippen molar-refractivity contribution in [3.63, 3.8) is 0 Å². The van der Waals surface area contributed by atoms with Crippen LogP contribution in [0.1, 0.15) is 28.9 Å².